The topological polar surface area (TPSA) is 40.9 Å². The van der Waals surface area contributed by atoms with Crippen LogP contribution in [0.3, 0.4) is 0 Å². The lowest BCUT2D eigenvalue weighted by atomic mass is 9.93. The van der Waals surface area contributed by atoms with E-state index in [0.29, 0.717) is 12.2 Å². The molecule has 2 atom stereocenters. The molecule has 0 spiro atoms. The van der Waals surface area contributed by atoms with Crippen LogP contribution in [-0.4, -0.2) is 9.96 Å². The minimum absolute atomic E-state index is 0.0782. The van der Waals surface area contributed by atoms with Crippen molar-refractivity contribution in [1.82, 2.24) is 0 Å². The summed E-state index contributed by atoms with van der Waals surface area (Å²) in [6.45, 7) is 5.77. The normalized spacial score (nSPS) is 15.4. The summed E-state index contributed by atoms with van der Waals surface area (Å²) in [5.41, 5.74) is -0.370. The summed E-state index contributed by atoms with van der Waals surface area (Å²) < 4.78 is 12.0. The third-order valence-corrected chi connectivity index (χ3v) is 5.42. The third-order valence-electron chi connectivity index (χ3n) is 2.57. The molecule has 2 nitrogen and oxygen atoms in total. The standard InChI is InChI=1S/C12H17NOS2/c1-10(11-5-4-7-15-11)16(14)8-6-12(2,3)9-13/h4-5,7,10H,6,8H2,1-3H3/t10-,16+/m0/s1. The second kappa shape index (κ2) is 5.60. The van der Waals surface area contributed by atoms with Gasteiger partial charge >= 0.3 is 0 Å². The lowest BCUT2D eigenvalue weighted by Crippen LogP contribution is -2.15. The fraction of sp³-hybridized carbons (Fsp3) is 0.583. The van der Waals surface area contributed by atoms with E-state index in [1.54, 1.807) is 11.3 Å². The average molecular weight is 255 g/mol. The first-order chi connectivity index (χ1) is 7.46. The second-order valence-corrected chi connectivity index (χ2v) is 7.34. The van der Waals surface area contributed by atoms with Crippen LogP contribution in [-0.2, 0) is 10.8 Å². The molecule has 0 aliphatic heterocycles. The molecule has 16 heavy (non-hydrogen) atoms. The first-order valence-corrected chi connectivity index (χ1v) is 7.54. The fourth-order valence-corrected chi connectivity index (χ4v) is 3.79. The molecule has 0 radical (unpaired) electrons. The van der Waals surface area contributed by atoms with Gasteiger partial charge in [0.25, 0.3) is 0 Å². The molecule has 0 unspecified atom stereocenters. The lowest BCUT2D eigenvalue weighted by molar-refractivity contribution is 0.478. The van der Waals surface area contributed by atoms with Gasteiger partial charge in [-0.15, -0.1) is 11.3 Å². The predicted molar refractivity (Wildman–Crippen MR) is 69.8 cm³/mol. The molecule has 0 bridgehead atoms. The second-order valence-electron chi connectivity index (χ2n) is 4.49. The highest BCUT2D eigenvalue weighted by atomic mass is 32.2. The molecular weight excluding hydrogens is 238 g/mol. The Morgan fingerprint density at radius 2 is 2.31 bits per heavy atom. The van der Waals surface area contributed by atoms with E-state index in [9.17, 15) is 4.21 Å². The maximum Gasteiger partial charge on any atom is 0.0684 e. The van der Waals surface area contributed by atoms with Crippen LogP contribution in [0.4, 0.5) is 0 Å². The highest BCUT2D eigenvalue weighted by Crippen LogP contribution is 2.26. The predicted octanol–water partition coefficient (Wildman–Crippen LogP) is 3.50. The van der Waals surface area contributed by atoms with Crippen molar-refractivity contribution < 1.29 is 4.21 Å². The van der Waals surface area contributed by atoms with Gasteiger partial charge in [-0.1, -0.05) is 6.07 Å². The first-order valence-electron chi connectivity index (χ1n) is 5.28. The summed E-state index contributed by atoms with van der Waals surface area (Å²) in [5.74, 6) is 0.597. The van der Waals surface area contributed by atoms with Crippen LogP contribution < -0.4 is 0 Å². The van der Waals surface area contributed by atoms with Crippen LogP contribution in [0.15, 0.2) is 17.5 Å². The van der Waals surface area contributed by atoms with Crippen molar-refractivity contribution in [2.75, 3.05) is 5.75 Å². The van der Waals surface area contributed by atoms with Gasteiger partial charge in [-0.25, -0.2) is 0 Å². The molecule has 1 aromatic rings. The molecule has 0 aromatic carbocycles. The number of hydrogen-bond acceptors (Lipinski definition) is 3. The number of nitrogens with zero attached hydrogens (tertiary/aromatic N) is 1. The van der Waals surface area contributed by atoms with Gasteiger partial charge in [0.2, 0.25) is 0 Å². The van der Waals surface area contributed by atoms with Gasteiger partial charge in [0.15, 0.2) is 0 Å². The smallest absolute Gasteiger partial charge is 0.0684 e. The zero-order valence-electron chi connectivity index (χ0n) is 9.90. The molecule has 0 aliphatic carbocycles. The van der Waals surface area contributed by atoms with Gasteiger partial charge in [-0.2, -0.15) is 5.26 Å². The minimum Gasteiger partial charge on any atom is -0.259 e. The molecule has 1 heterocycles. The molecule has 0 saturated heterocycles. The van der Waals surface area contributed by atoms with E-state index >= 15 is 0 Å². The maximum absolute atomic E-state index is 12.0. The zero-order valence-corrected chi connectivity index (χ0v) is 11.5. The van der Waals surface area contributed by atoms with Crippen molar-refractivity contribution in [3.8, 4) is 6.07 Å². The molecular formula is C12H17NOS2. The Balaban J connectivity index is 2.51. The van der Waals surface area contributed by atoms with E-state index in [1.807, 2.05) is 38.3 Å². The summed E-state index contributed by atoms with van der Waals surface area (Å²) in [5, 5.41) is 11.0. The maximum atomic E-state index is 12.0. The van der Waals surface area contributed by atoms with Crippen molar-refractivity contribution in [3.05, 3.63) is 22.4 Å². The molecule has 0 amide bonds. The Kier molecular flexibility index (Phi) is 4.69. The first kappa shape index (κ1) is 13.4. The Hall–Kier alpha value is -0.660. The Morgan fingerprint density at radius 1 is 1.62 bits per heavy atom. The highest BCUT2D eigenvalue weighted by Gasteiger charge is 2.21. The van der Waals surface area contributed by atoms with E-state index in [0.717, 1.165) is 4.88 Å². The van der Waals surface area contributed by atoms with Crippen molar-refractivity contribution in [2.24, 2.45) is 5.41 Å². The summed E-state index contributed by atoms with van der Waals surface area (Å²) in [6.07, 6.45) is 0.686. The Morgan fingerprint density at radius 3 is 2.81 bits per heavy atom. The van der Waals surface area contributed by atoms with Crippen molar-refractivity contribution in [1.29, 1.82) is 5.26 Å². The van der Waals surface area contributed by atoms with Crippen LogP contribution in [0.2, 0.25) is 0 Å². The van der Waals surface area contributed by atoms with Gasteiger partial charge < -0.3 is 0 Å². The van der Waals surface area contributed by atoms with Gasteiger partial charge in [-0.3, -0.25) is 4.21 Å². The summed E-state index contributed by atoms with van der Waals surface area (Å²) >= 11 is 1.64. The summed E-state index contributed by atoms with van der Waals surface area (Å²) in [6, 6.07) is 6.23. The van der Waals surface area contributed by atoms with Crippen LogP contribution in [0, 0.1) is 16.7 Å². The van der Waals surface area contributed by atoms with Gasteiger partial charge in [0.1, 0.15) is 0 Å². The highest BCUT2D eigenvalue weighted by molar-refractivity contribution is 7.85. The van der Waals surface area contributed by atoms with E-state index in [1.165, 1.54) is 0 Å². The number of thiophene rings is 1. The number of rotatable bonds is 5. The van der Waals surface area contributed by atoms with Crippen LogP contribution in [0.1, 0.15) is 37.3 Å². The van der Waals surface area contributed by atoms with E-state index in [4.69, 9.17) is 5.26 Å². The average Bonchev–Trinajstić information content (AvgIpc) is 2.78. The quantitative estimate of drug-likeness (QED) is 0.808. The van der Waals surface area contributed by atoms with Crippen LogP contribution in [0.5, 0.6) is 0 Å². The largest absolute Gasteiger partial charge is 0.259 e. The molecule has 0 fully saturated rings. The molecule has 0 N–H and O–H groups in total. The molecule has 88 valence electrons. The molecule has 1 aromatic heterocycles. The lowest BCUT2D eigenvalue weighted by Gasteiger charge is -2.16. The molecule has 0 aliphatic rings. The van der Waals surface area contributed by atoms with Gasteiger partial charge in [0, 0.05) is 21.4 Å². The summed E-state index contributed by atoms with van der Waals surface area (Å²) in [4.78, 5) is 1.16. The van der Waals surface area contributed by atoms with Crippen LogP contribution in [0.25, 0.3) is 0 Å². The SMILES string of the molecule is C[C@@H](c1cccs1)[S@](=O)CCC(C)(C)C#N. The molecule has 0 saturated carbocycles. The Bertz CT molecular complexity index is 390. The van der Waals surface area contributed by atoms with Gasteiger partial charge in [-0.05, 0) is 38.6 Å². The van der Waals surface area contributed by atoms with E-state index < -0.39 is 10.8 Å². The monoisotopic (exact) mass is 255 g/mol. The molecule has 1 rings (SSSR count). The summed E-state index contributed by atoms with van der Waals surface area (Å²) in [7, 11) is -0.883. The number of nitriles is 1. The van der Waals surface area contributed by atoms with Gasteiger partial charge in [0.05, 0.1) is 16.7 Å². The zero-order chi connectivity index (χ0) is 12.2. The fourth-order valence-electron chi connectivity index (χ4n) is 1.24. The van der Waals surface area contributed by atoms with Crippen molar-refractivity contribution in [3.63, 3.8) is 0 Å². The van der Waals surface area contributed by atoms with E-state index in [2.05, 4.69) is 6.07 Å². The van der Waals surface area contributed by atoms with Crippen molar-refractivity contribution >= 4 is 22.1 Å². The number of hydrogen-bond donors (Lipinski definition) is 0. The van der Waals surface area contributed by atoms with E-state index in [-0.39, 0.29) is 10.7 Å². The minimum atomic E-state index is -0.883. The third kappa shape index (κ3) is 3.73. The van der Waals surface area contributed by atoms with Crippen LogP contribution >= 0.6 is 11.3 Å². The Labute approximate surface area is 104 Å². The molecule has 4 heteroatoms. The van der Waals surface area contributed by atoms with Crippen molar-refractivity contribution in [2.45, 2.75) is 32.4 Å².